The van der Waals surface area contributed by atoms with Crippen molar-refractivity contribution in [3.05, 3.63) is 0 Å². The second kappa shape index (κ2) is 5.78. The maximum atomic E-state index is 5.86. The zero-order chi connectivity index (χ0) is 9.68. The normalized spacial score (nSPS) is 22.2. The molecule has 0 bridgehead atoms. The summed E-state index contributed by atoms with van der Waals surface area (Å²) in [6.45, 7) is 4.20. The molecule has 0 spiro atoms. The van der Waals surface area contributed by atoms with Gasteiger partial charge in [-0.15, -0.1) is 0 Å². The van der Waals surface area contributed by atoms with Gasteiger partial charge in [-0.05, 0) is 32.2 Å². The minimum Gasteiger partial charge on any atom is -0.400 e. The van der Waals surface area contributed by atoms with Gasteiger partial charge in [0.15, 0.2) is 0 Å². The summed E-state index contributed by atoms with van der Waals surface area (Å²) in [5.74, 6) is 0. The molecule has 1 fully saturated rings. The van der Waals surface area contributed by atoms with Crippen molar-refractivity contribution in [2.24, 2.45) is 0 Å². The molecule has 0 radical (unpaired) electrons. The van der Waals surface area contributed by atoms with Gasteiger partial charge in [-0.1, -0.05) is 19.3 Å². The quantitative estimate of drug-likeness (QED) is 0.652. The molecule has 0 N–H and O–H groups in total. The second-order valence-corrected chi connectivity index (χ2v) is 6.61. The SMILES string of the molecule is CO[SiH](OC(C)C)C1CCCCC1. The van der Waals surface area contributed by atoms with Crippen molar-refractivity contribution in [2.75, 3.05) is 7.11 Å². The monoisotopic (exact) mass is 202 g/mol. The van der Waals surface area contributed by atoms with Crippen LogP contribution in [0.3, 0.4) is 0 Å². The molecular formula is C10H22O2Si. The lowest BCUT2D eigenvalue weighted by molar-refractivity contribution is 0.165. The van der Waals surface area contributed by atoms with E-state index < -0.39 is 9.28 Å². The van der Waals surface area contributed by atoms with Crippen molar-refractivity contribution >= 4 is 9.28 Å². The molecule has 0 aromatic heterocycles. The molecule has 0 aliphatic heterocycles. The predicted molar refractivity (Wildman–Crippen MR) is 57.2 cm³/mol. The average molecular weight is 202 g/mol. The number of hydrogen-bond donors (Lipinski definition) is 0. The lowest BCUT2D eigenvalue weighted by Crippen LogP contribution is -2.31. The summed E-state index contributed by atoms with van der Waals surface area (Å²) in [5, 5.41) is 0. The Kier molecular flexibility index (Phi) is 4.99. The third-order valence-electron chi connectivity index (χ3n) is 2.67. The van der Waals surface area contributed by atoms with Crippen LogP contribution >= 0.6 is 0 Å². The summed E-state index contributed by atoms with van der Waals surface area (Å²) in [4.78, 5) is 0. The first-order valence-corrected chi connectivity index (χ1v) is 7.03. The molecule has 3 heteroatoms. The summed E-state index contributed by atoms with van der Waals surface area (Å²) in [7, 11) is 0.461. The van der Waals surface area contributed by atoms with Crippen molar-refractivity contribution in [1.82, 2.24) is 0 Å². The Balaban J connectivity index is 2.34. The Labute approximate surface area is 83.5 Å². The van der Waals surface area contributed by atoms with Crippen LogP contribution in [0, 0.1) is 0 Å². The third-order valence-corrected chi connectivity index (χ3v) is 5.39. The molecule has 0 aromatic rings. The Bertz CT molecular complexity index is 133. The topological polar surface area (TPSA) is 18.5 Å². The lowest BCUT2D eigenvalue weighted by atomic mass is 10.0. The Hall–Kier alpha value is 0.137. The molecule has 0 heterocycles. The second-order valence-electron chi connectivity index (χ2n) is 4.19. The minimum absolute atomic E-state index is 0.332. The van der Waals surface area contributed by atoms with Crippen molar-refractivity contribution in [1.29, 1.82) is 0 Å². The van der Waals surface area contributed by atoms with Gasteiger partial charge in [-0.25, -0.2) is 0 Å². The highest BCUT2D eigenvalue weighted by atomic mass is 28.3. The van der Waals surface area contributed by atoms with Crippen LogP contribution in [-0.4, -0.2) is 22.5 Å². The van der Waals surface area contributed by atoms with Crippen LogP contribution in [0.25, 0.3) is 0 Å². The van der Waals surface area contributed by atoms with Crippen LogP contribution in [0.15, 0.2) is 0 Å². The molecule has 1 unspecified atom stereocenters. The first kappa shape index (κ1) is 11.2. The van der Waals surface area contributed by atoms with Crippen LogP contribution < -0.4 is 0 Å². The van der Waals surface area contributed by atoms with E-state index in [1.54, 1.807) is 0 Å². The van der Waals surface area contributed by atoms with Gasteiger partial charge < -0.3 is 8.85 Å². The molecule has 13 heavy (non-hydrogen) atoms. The minimum atomic E-state index is -1.35. The summed E-state index contributed by atoms with van der Waals surface area (Å²) >= 11 is 0. The Morgan fingerprint density at radius 2 is 1.77 bits per heavy atom. The van der Waals surface area contributed by atoms with E-state index in [9.17, 15) is 0 Å². The third kappa shape index (κ3) is 3.79. The van der Waals surface area contributed by atoms with E-state index in [0.29, 0.717) is 6.10 Å². The molecule has 2 nitrogen and oxygen atoms in total. The molecule has 1 aliphatic rings. The van der Waals surface area contributed by atoms with E-state index in [-0.39, 0.29) is 0 Å². The van der Waals surface area contributed by atoms with E-state index in [0.717, 1.165) is 5.54 Å². The molecule has 1 rings (SSSR count). The van der Waals surface area contributed by atoms with Crippen LogP contribution in [0.5, 0.6) is 0 Å². The highest BCUT2D eigenvalue weighted by molar-refractivity contribution is 6.46. The van der Waals surface area contributed by atoms with Crippen LogP contribution in [0.2, 0.25) is 5.54 Å². The lowest BCUT2D eigenvalue weighted by Gasteiger charge is -2.28. The average Bonchev–Trinajstić information content (AvgIpc) is 2.15. The number of hydrogen-bond acceptors (Lipinski definition) is 2. The van der Waals surface area contributed by atoms with Crippen molar-refractivity contribution in [3.63, 3.8) is 0 Å². The van der Waals surface area contributed by atoms with Gasteiger partial charge in [0, 0.05) is 13.2 Å². The van der Waals surface area contributed by atoms with Gasteiger partial charge in [-0.3, -0.25) is 0 Å². The van der Waals surface area contributed by atoms with Gasteiger partial charge in [0.1, 0.15) is 0 Å². The van der Waals surface area contributed by atoms with Gasteiger partial charge in [-0.2, -0.15) is 0 Å². The van der Waals surface area contributed by atoms with E-state index in [1.807, 2.05) is 7.11 Å². The molecule has 0 saturated heterocycles. The van der Waals surface area contributed by atoms with Crippen LogP contribution in [0.4, 0.5) is 0 Å². The number of rotatable bonds is 4. The fourth-order valence-electron chi connectivity index (χ4n) is 2.03. The summed E-state index contributed by atoms with van der Waals surface area (Å²) in [5.41, 5.74) is 0.765. The van der Waals surface area contributed by atoms with Crippen LogP contribution in [0.1, 0.15) is 46.0 Å². The van der Waals surface area contributed by atoms with E-state index in [1.165, 1.54) is 32.1 Å². The molecule has 78 valence electrons. The maximum absolute atomic E-state index is 5.86. The summed E-state index contributed by atoms with van der Waals surface area (Å²) < 4.78 is 11.4. The zero-order valence-electron chi connectivity index (χ0n) is 9.08. The fraction of sp³-hybridized carbons (Fsp3) is 1.00. The zero-order valence-corrected chi connectivity index (χ0v) is 10.2. The van der Waals surface area contributed by atoms with Gasteiger partial charge in [0.2, 0.25) is 0 Å². The van der Waals surface area contributed by atoms with Gasteiger partial charge in [0.25, 0.3) is 0 Å². The van der Waals surface area contributed by atoms with Crippen molar-refractivity contribution < 1.29 is 8.85 Å². The van der Waals surface area contributed by atoms with Crippen molar-refractivity contribution in [2.45, 2.75) is 57.6 Å². The smallest absolute Gasteiger partial charge is 0.324 e. The highest BCUT2D eigenvalue weighted by Gasteiger charge is 2.27. The standard InChI is InChI=1S/C10H22O2Si/c1-9(2)12-13(11-3)10-7-5-4-6-8-10/h9-10,13H,4-8H2,1-3H3. The van der Waals surface area contributed by atoms with E-state index >= 15 is 0 Å². The van der Waals surface area contributed by atoms with E-state index in [2.05, 4.69) is 13.8 Å². The molecule has 1 atom stereocenters. The largest absolute Gasteiger partial charge is 0.400 e. The fourth-order valence-corrected chi connectivity index (χ4v) is 4.30. The molecule has 0 aromatic carbocycles. The van der Waals surface area contributed by atoms with Crippen LogP contribution in [-0.2, 0) is 8.85 Å². The molecular weight excluding hydrogens is 180 g/mol. The first-order valence-electron chi connectivity index (χ1n) is 5.42. The van der Waals surface area contributed by atoms with Gasteiger partial charge in [0.05, 0.1) is 0 Å². The molecule has 1 aliphatic carbocycles. The van der Waals surface area contributed by atoms with E-state index in [4.69, 9.17) is 8.85 Å². The Morgan fingerprint density at radius 1 is 1.15 bits per heavy atom. The highest BCUT2D eigenvalue weighted by Crippen LogP contribution is 2.31. The molecule has 0 amide bonds. The predicted octanol–water partition coefficient (Wildman–Crippen LogP) is 2.61. The first-order chi connectivity index (χ1) is 6.24. The Morgan fingerprint density at radius 3 is 2.23 bits per heavy atom. The van der Waals surface area contributed by atoms with Gasteiger partial charge >= 0.3 is 9.28 Å². The summed E-state index contributed by atoms with van der Waals surface area (Å²) in [6.07, 6.45) is 7.15. The van der Waals surface area contributed by atoms with Crippen molar-refractivity contribution in [3.8, 4) is 0 Å². The maximum Gasteiger partial charge on any atom is 0.324 e. The summed E-state index contributed by atoms with van der Waals surface area (Å²) in [6, 6.07) is 0. The molecule has 1 saturated carbocycles.